The third kappa shape index (κ3) is 3.03. The highest BCUT2D eigenvalue weighted by molar-refractivity contribution is 5.62. The Hall–Kier alpha value is -2.20. The van der Waals surface area contributed by atoms with Gasteiger partial charge in [-0.15, -0.1) is 0 Å². The average molecular weight is 358 g/mol. The van der Waals surface area contributed by atoms with E-state index in [0.29, 0.717) is 5.75 Å². The first-order valence-corrected chi connectivity index (χ1v) is 8.83. The van der Waals surface area contributed by atoms with Gasteiger partial charge in [-0.25, -0.2) is 0 Å². The van der Waals surface area contributed by atoms with E-state index in [4.69, 9.17) is 14.2 Å². The SMILES string of the molecule is COc1ccc(C(O)(c2c(C)c(OC)c(C)c(C)c2OC)C(C)C)cc1. The van der Waals surface area contributed by atoms with Gasteiger partial charge in [0.25, 0.3) is 0 Å². The minimum atomic E-state index is -1.23. The summed E-state index contributed by atoms with van der Waals surface area (Å²) < 4.78 is 16.7. The van der Waals surface area contributed by atoms with Gasteiger partial charge in [0.1, 0.15) is 22.8 Å². The van der Waals surface area contributed by atoms with E-state index < -0.39 is 5.60 Å². The molecule has 1 atom stereocenters. The smallest absolute Gasteiger partial charge is 0.129 e. The molecule has 1 unspecified atom stereocenters. The summed E-state index contributed by atoms with van der Waals surface area (Å²) in [6.07, 6.45) is 0. The van der Waals surface area contributed by atoms with Crippen molar-refractivity contribution in [2.75, 3.05) is 21.3 Å². The predicted octanol–water partition coefficient (Wildman–Crippen LogP) is 4.53. The molecule has 0 saturated heterocycles. The number of hydrogen-bond acceptors (Lipinski definition) is 4. The second kappa shape index (κ2) is 7.58. The molecule has 0 fully saturated rings. The number of rotatable bonds is 6. The third-order valence-electron chi connectivity index (χ3n) is 5.34. The molecule has 0 saturated carbocycles. The maximum atomic E-state index is 11.9. The van der Waals surface area contributed by atoms with E-state index in [9.17, 15) is 5.11 Å². The van der Waals surface area contributed by atoms with Crippen LogP contribution in [-0.2, 0) is 5.60 Å². The molecule has 0 spiro atoms. The van der Waals surface area contributed by atoms with E-state index >= 15 is 0 Å². The molecule has 26 heavy (non-hydrogen) atoms. The van der Waals surface area contributed by atoms with Gasteiger partial charge < -0.3 is 19.3 Å². The molecule has 0 aliphatic heterocycles. The van der Waals surface area contributed by atoms with Crippen LogP contribution < -0.4 is 14.2 Å². The summed E-state index contributed by atoms with van der Waals surface area (Å²) in [5.41, 5.74) is 3.19. The monoisotopic (exact) mass is 358 g/mol. The molecule has 2 rings (SSSR count). The lowest BCUT2D eigenvalue weighted by atomic mass is 9.74. The van der Waals surface area contributed by atoms with Crippen LogP contribution in [0.25, 0.3) is 0 Å². The van der Waals surface area contributed by atoms with E-state index in [2.05, 4.69) is 0 Å². The summed E-state index contributed by atoms with van der Waals surface area (Å²) in [5, 5.41) is 11.9. The second-order valence-corrected chi connectivity index (χ2v) is 6.97. The van der Waals surface area contributed by atoms with Gasteiger partial charge in [-0.05, 0) is 55.5 Å². The van der Waals surface area contributed by atoms with Crippen molar-refractivity contribution in [3.05, 3.63) is 52.1 Å². The molecular weight excluding hydrogens is 328 g/mol. The van der Waals surface area contributed by atoms with Gasteiger partial charge in [-0.1, -0.05) is 26.0 Å². The average Bonchev–Trinajstić information content (AvgIpc) is 2.64. The van der Waals surface area contributed by atoms with Gasteiger partial charge in [0, 0.05) is 11.1 Å². The maximum Gasteiger partial charge on any atom is 0.129 e. The van der Waals surface area contributed by atoms with E-state index in [1.807, 2.05) is 58.9 Å². The first-order chi connectivity index (χ1) is 12.2. The molecule has 0 radical (unpaired) electrons. The fourth-order valence-electron chi connectivity index (χ4n) is 3.72. The van der Waals surface area contributed by atoms with Crippen LogP contribution in [0.3, 0.4) is 0 Å². The van der Waals surface area contributed by atoms with Crippen LogP contribution >= 0.6 is 0 Å². The molecule has 1 N–H and O–H groups in total. The van der Waals surface area contributed by atoms with Crippen LogP contribution in [0.15, 0.2) is 24.3 Å². The van der Waals surface area contributed by atoms with Crippen LogP contribution in [0.1, 0.15) is 41.7 Å². The van der Waals surface area contributed by atoms with Crippen LogP contribution in [0.5, 0.6) is 17.2 Å². The molecule has 0 aliphatic rings. The Morgan fingerprint density at radius 3 is 1.69 bits per heavy atom. The molecule has 4 heteroatoms. The van der Waals surface area contributed by atoms with Gasteiger partial charge in [-0.3, -0.25) is 0 Å². The minimum absolute atomic E-state index is 0.0877. The second-order valence-electron chi connectivity index (χ2n) is 6.97. The van der Waals surface area contributed by atoms with Crippen LogP contribution in [0.2, 0.25) is 0 Å². The molecule has 0 bridgehead atoms. The molecule has 2 aromatic rings. The van der Waals surface area contributed by atoms with Crippen LogP contribution in [0.4, 0.5) is 0 Å². The zero-order valence-electron chi connectivity index (χ0n) is 17.1. The minimum Gasteiger partial charge on any atom is -0.497 e. The van der Waals surface area contributed by atoms with Crippen molar-refractivity contribution in [1.29, 1.82) is 0 Å². The number of aliphatic hydroxyl groups is 1. The molecule has 0 aliphatic carbocycles. The molecule has 0 aromatic heterocycles. The van der Waals surface area contributed by atoms with Gasteiger partial charge in [0.2, 0.25) is 0 Å². The topological polar surface area (TPSA) is 47.9 Å². The Morgan fingerprint density at radius 2 is 1.27 bits per heavy atom. The first kappa shape index (κ1) is 20.1. The van der Waals surface area contributed by atoms with Crippen molar-refractivity contribution in [3.8, 4) is 17.2 Å². The lowest BCUT2D eigenvalue weighted by Gasteiger charge is -2.37. The molecular formula is C22H30O4. The standard InChI is InChI=1S/C22H30O4/c1-13(2)22(23,17-9-11-18(24-6)12-10-17)19-16(5)20(25-7)14(3)15(4)21(19)26-8/h9-13,23H,1-8H3. The quantitative estimate of drug-likeness (QED) is 0.824. The normalized spacial score (nSPS) is 13.5. The molecule has 0 amide bonds. The summed E-state index contributed by atoms with van der Waals surface area (Å²) in [7, 11) is 4.93. The lowest BCUT2D eigenvalue weighted by molar-refractivity contribution is 0.0285. The van der Waals surface area contributed by atoms with Crippen molar-refractivity contribution in [3.63, 3.8) is 0 Å². The van der Waals surface area contributed by atoms with Gasteiger partial charge >= 0.3 is 0 Å². The van der Waals surface area contributed by atoms with E-state index in [0.717, 1.165) is 39.3 Å². The Kier molecular flexibility index (Phi) is 5.87. The molecule has 4 nitrogen and oxygen atoms in total. The van der Waals surface area contributed by atoms with Crippen molar-refractivity contribution in [2.45, 2.75) is 40.2 Å². The number of ether oxygens (including phenoxy) is 3. The van der Waals surface area contributed by atoms with Gasteiger partial charge in [-0.2, -0.15) is 0 Å². The largest absolute Gasteiger partial charge is 0.497 e. The van der Waals surface area contributed by atoms with E-state index in [1.165, 1.54) is 0 Å². The maximum absolute atomic E-state index is 11.9. The first-order valence-electron chi connectivity index (χ1n) is 8.83. The Labute approximate surface area is 156 Å². The lowest BCUT2D eigenvalue weighted by Crippen LogP contribution is -2.35. The van der Waals surface area contributed by atoms with Crippen molar-refractivity contribution in [1.82, 2.24) is 0 Å². The highest BCUT2D eigenvalue weighted by Gasteiger charge is 2.41. The molecule has 142 valence electrons. The zero-order chi connectivity index (χ0) is 19.6. The van der Waals surface area contributed by atoms with Gasteiger partial charge in [0.05, 0.1) is 21.3 Å². The number of methoxy groups -OCH3 is 3. The summed E-state index contributed by atoms with van der Waals surface area (Å²) in [6, 6.07) is 7.53. The number of hydrogen-bond donors (Lipinski definition) is 1. The zero-order valence-corrected chi connectivity index (χ0v) is 17.1. The Balaban J connectivity index is 2.87. The van der Waals surface area contributed by atoms with E-state index in [1.54, 1.807) is 21.3 Å². The van der Waals surface area contributed by atoms with Crippen LogP contribution in [-0.4, -0.2) is 26.4 Å². The highest BCUT2D eigenvalue weighted by atomic mass is 16.5. The van der Waals surface area contributed by atoms with Crippen LogP contribution in [0, 0.1) is 26.7 Å². The summed E-state index contributed by atoms with van der Waals surface area (Å²) >= 11 is 0. The van der Waals surface area contributed by atoms with Gasteiger partial charge in [0.15, 0.2) is 0 Å². The molecule has 0 heterocycles. The molecule has 2 aromatic carbocycles. The summed E-state index contributed by atoms with van der Waals surface area (Å²) in [6.45, 7) is 9.99. The fourth-order valence-corrected chi connectivity index (χ4v) is 3.72. The Bertz CT molecular complexity index is 778. The fraction of sp³-hybridized carbons (Fsp3) is 0.455. The van der Waals surface area contributed by atoms with Crippen molar-refractivity contribution in [2.24, 2.45) is 5.92 Å². The van der Waals surface area contributed by atoms with Crippen molar-refractivity contribution < 1.29 is 19.3 Å². The summed E-state index contributed by atoms with van der Waals surface area (Å²) in [5.74, 6) is 2.15. The highest BCUT2D eigenvalue weighted by Crippen LogP contribution is 2.48. The van der Waals surface area contributed by atoms with E-state index in [-0.39, 0.29) is 5.92 Å². The Morgan fingerprint density at radius 1 is 0.769 bits per heavy atom. The van der Waals surface area contributed by atoms with Crippen molar-refractivity contribution >= 4 is 0 Å². The third-order valence-corrected chi connectivity index (χ3v) is 5.34. The predicted molar refractivity (Wildman–Crippen MR) is 105 cm³/mol. The number of benzene rings is 2. The summed E-state index contributed by atoms with van der Waals surface area (Å²) in [4.78, 5) is 0.